The highest BCUT2D eigenvalue weighted by Gasteiger charge is 2.16. The average molecular weight is 258 g/mol. The van der Waals surface area contributed by atoms with Crippen molar-refractivity contribution in [1.29, 1.82) is 0 Å². The van der Waals surface area contributed by atoms with Gasteiger partial charge in [0, 0.05) is 19.0 Å². The number of unbranched alkanes of at least 4 members (excludes halogenated alkanes) is 1. The molecule has 0 radical (unpaired) electrons. The van der Waals surface area contributed by atoms with Crippen LogP contribution >= 0.6 is 0 Å². The van der Waals surface area contributed by atoms with Crippen molar-refractivity contribution in [3.63, 3.8) is 0 Å². The largest absolute Gasteiger partial charge is 0.314 e. The predicted molar refractivity (Wildman–Crippen MR) is 70.1 cm³/mol. The van der Waals surface area contributed by atoms with Crippen molar-refractivity contribution in [1.82, 2.24) is 10.0 Å². The van der Waals surface area contributed by atoms with E-state index in [2.05, 4.69) is 16.0 Å². The van der Waals surface area contributed by atoms with E-state index in [4.69, 9.17) is 6.42 Å². The lowest BCUT2D eigenvalue weighted by Gasteiger charge is -2.23. The number of nitrogens with one attached hydrogen (secondary N) is 2. The zero-order valence-corrected chi connectivity index (χ0v) is 11.1. The lowest BCUT2D eigenvalue weighted by molar-refractivity contribution is 0.392. The number of hydrogen-bond acceptors (Lipinski definition) is 3. The Bertz CT molecular complexity index is 340. The number of sulfonamides is 1. The van der Waals surface area contributed by atoms with Crippen LogP contribution in [0.15, 0.2) is 0 Å². The van der Waals surface area contributed by atoms with Gasteiger partial charge < -0.3 is 5.32 Å². The second-order valence-corrected chi connectivity index (χ2v) is 6.38. The van der Waals surface area contributed by atoms with Gasteiger partial charge in [0.2, 0.25) is 10.0 Å². The molecule has 0 bridgehead atoms. The molecule has 0 amide bonds. The van der Waals surface area contributed by atoms with Crippen molar-refractivity contribution in [2.75, 3.05) is 18.8 Å². The molecule has 4 nitrogen and oxygen atoms in total. The monoisotopic (exact) mass is 258 g/mol. The van der Waals surface area contributed by atoms with Crippen LogP contribution in [0.25, 0.3) is 0 Å². The van der Waals surface area contributed by atoms with Gasteiger partial charge in [-0.25, -0.2) is 13.1 Å². The second kappa shape index (κ2) is 7.70. The first-order chi connectivity index (χ1) is 8.14. The van der Waals surface area contributed by atoms with E-state index in [9.17, 15) is 8.42 Å². The van der Waals surface area contributed by atoms with Crippen LogP contribution in [0.4, 0.5) is 0 Å². The average Bonchev–Trinajstić information content (AvgIpc) is 2.34. The molecule has 17 heavy (non-hydrogen) atoms. The van der Waals surface area contributed by atoms with Crippen molar-refractivity contribution in [2.45, 2.75) is 44.6 Å². The van der Waals surface area contributed by atoms with Crippen LogP contribution in [0.2, 0.25) is 0 Å². The number of rotatable bonds is 7. The highest BCUT2D eigenvalue weighted by Crippen LogP contribution is 2.10. The Morgan fingerprint density at radius 3 is 2.88 bits per heavy atom. The quantitative estimate of drug-likeness (QED) is 0.526. The fourth-order valence-electron chi connectivity index (χ4n) is 1.96. The van der Waals surface area contributed by atoms with Crippen LogP contribution in [0.3, 0.4) is 0 Å². The maximum absolute atomic E-state index is 11.6. The lowest BCUT2D eigenvalue weighted by Crippen LogP contribution is -2.37. The van der Waals surface area contributed by atoms with Crippen LogP contribution in [0, 0.1) is 12.3 Å². The fraction of sp³-hybridized carbons (Fsp3) is 0.833. The van der Waals surface area contributed by atoms with Crippen LogP contribution in [-0.2, 0) is 10.0 Å². The lowest BCUT2D eigenvalue weighted by atomic mass is 10.0. The van der Waals surface area contributed by atoms with Crippen molar-refractivity contribution >= 4 is 10.0 Å². The van der Waals surface area contributed by atoms with E-state index in [0.717, 1.165) is 13.0 Å². The highest BCUT2D eigenvalue weighted by molar-refractivity contribution is 7.89. The summed E-state index contributed by atoms with van der Waals surface area (Å²) >= 11 is 0. The van der Waals surface area contributed by atoms with E-state index in [1.165, 1.54) is 12.8 Å². The normalized spacial score (nSPS) is 21.0. The molecule has 0 aromatic rings. The van der Waals surface area contributed by atoms with Gasteiger partial charge >= 0.3 is 0 Å². The molecule has 1 unspecified atom stereocenters. The standard InChI is InChI=1S/C12H22N2O2S/c1-2-3-5-10-14-17(15,16)11-8-12-7-4-6-9-13-12/h1,12-14H,3-11H2. The molecule has 0 aromatic heterocycles. The summed E-state index contributed by atoms with van der Waals surface area (Å²) in [6.45, 7) is 1.46. The van der Waals surface area contributed by atoms with Gasteiger partial charge in [-0.15, -0.1) is 12.3 Å². The van der Waals surface area contributed by atoms with Crippen molar-refractivity contribution in [2.24, 2.45) is 0 Å². The second-order valence-electron chi connectivity index (χ2n) is 4.46. The Labute approximate surface area is 105 Å². The first-order valence-electron chi connectivity index (χ1n) is 6.28. The third-order valence-electron chi connectivity index (χ3n) is 2.97. The summed E-state index contributed by atoms with van der Waals surface area (Å²) in [4.78, 5) is 0. The van der Waals surface area contributed by atoms with Gasteiger partial charge in [0.05, 0.1) is 5.75 Å². The van der Waals surface area contributed by atoms with Gasteiger partial charge in [0.1, 0.15) is 0 Å². The molecule has 0 saturated carbocycles. The Morgan fingerprint density at radius 1 is 1.41 bits per heavy atom. The van der Waals surface area contributed by atoms with Gasteiger partial charge in [0.15, 0.2) is 0 Å². The van der Waals surface area contributed by atoms with Gasteiger partial charge in [0.25, 0.3) is 0 Å². The molecule has 5 heteroatoms. The van der Waals surface area contributed by atoms with Crippen LogP contribution < -0.4 is 10.0 Å². The van der Waals surface area contributed by atoms with Crippen LogP contribution in [0.1, 0.15) is 38.5 Å². The summed E-state index contributed by atoms with van der Waals surface area (Å²) in [5.41, 5.74) is 0. The number of hydrogen-bond donors (Lipinski definition) is 2. The van der Waals surface area contributed by atoms with Crippen molar-refractivity contribution in [3.05, 3.63) is 0 Å². The summed E-state index contributed by atoms with van der Waals surface area (Å²) in [6.07, 6.45) is 10.6. The molecular formula is C12H22N2O2S. The Morgan fingerprint density at radius 2 is 2.24 bits per heavy atom. The van der Waals surface area contributed by atoms with Crippen molar-refractivity contribution < 1.29 is 8.42 Å². The minimum atomic E-state index is -3.12. The Kier molecular flexibility index (Phi) is 6.56. The zero-order chi connectivity index (χ0) is 12.6. The Hall–Kier alpha value is -0.570. The minimum absolute atomic E-state index is 0.209. The SMILES string of the molecule is C#CCCCNS(=O)(=O)CCC1CCCCN1. The van der Waals surface area contributed by atoms with E-state index >= 15 is 0 Å². The molecule has 1 atom stereocenters. The smallest absolute Gasteiger partial charge is 0.211 e. The van der Waals surface area contributed by atoms with E-state index in [1.807, 2.05) is 0 Å². The zero-order valence-electron chi connectivity index (χ0n) is 10.2. The summed E-state index contributed by atoms with van der Waals surface area (Å²) in [6, 6.07) is 0.367. The van der Waals surface area contributed by atoms with Crippen molar-refractivity contribution in [3.8, 4) is 12.3 Å². The summed E-state index contributed by atoms with van der Waals surface area (Å²) < 4.78 is 25.9. The van der Waals surface area contributed by atoms with Gasteiger partial charge in [-0.2, -0.15) is 0 Å². The first-order valence-corrected chi connectivity index (χ1v) is 7.93. The minimum Gasteiger partial charge on any atom is -0.314 e. The molecule has 1 rings (SSSR count). The van der Waals surface area contributed by atoms with Crippen LogP contribution in [-0.4, -0.2) is 33.3 Å². The van der Waals surface area contributed by atoms with Gasteiger partial charge in [-0.3, -0.25) is 0 Å². The number of terminal acetylenes is 1. The first kappa shape index (κ1) is 14.5. The molecule has 0 spiro atoms. The fourth-order valence-corrected chi connectivity index (χ4v) is 3.15. The molecule has 1 aliphatic rings. The summed E-state index contributed by atoms with van der Waals surface area (Å²) in [7, 11) is -3.12. The molecular weight excluding hydrogens is 236 g/mol. The van der Waals surface area contributed by atoms with Crippen LogP contribution in [0.5, 0.6) is 0 Å². The third kappa shape index (κ3) is 6.67. The molecule has 1 saturated heterocycles. The third-order valence-corrected chi connectivity index (χ3v) is 4.38. The molecule has 1 heterocycles. The molecule has 2 N–H and O–H groups in total. The van der Waals surface area contributed by atoms with Gasteiger partial charge in [-0.05, 0) is 32.2 Å². The van der Waals surface area contributed by atoms with E-state index in [0.29, 0.717) is 31.8 Å². The molecule has 98 valence electrons. The Balaban J connectivity index is 2.17. The van der Waals surface area contributed by atoms with E-state index < -0.39 is 10.0 Å². The van der Waals surface area contributed by atoms with E-state index in [-0.39, 0.29) is 5.75 Å². The number of piperidine rings is 1. The molecule has 0 aliphatic carbocycles. The molecule has 1 fully saturated rings. The topological polar surface area (TPSA) is 58.2 Å². The summed E-state index contributed by atoms with van der Waals surface area (Å²) in [5.74, 6) is 2.70. The van der Waals surface area contributed by atoms with Gasteiger partial charge in [-0.1, -0.05) is 6.42 Å². The molecule has 1 aliphatic heterocycles. The van der Waals surface area contributed by atoms with E-state index in [1.54, 1.807) is 0 Å². The maximum Gasteiger partial charge on any atom is 0.211 e. The summed E-state index contributed by atoms with van der Waals surface area (Å²) in [5, 5.41) is 3.35. The predicted octanol–water partition coefficient (Wildman–Crippen LogP) is 0.851. The highest BCUT2D eigenvalue weighted by atomic mass is 32.2. The maximum atomic E-state index is 11.6. The molecule has 0 aromatic carbocycles.